The Bertz CT molecular complexity index is 655. The molecule has 0 amide bonds. The molecule has 0 aliphatic heterocycles. The lowest BCUT2D eigenvalue weighted by atomic mass is 10.1. The van der Waals surface area contributed by atoms with Gasteiger partial charge in [-0.25, -0.2) is 9.37 Å². The molecule has 0 radical (unpaired) electrons. The fourth-order valence-electron chi connectivity index (χ4n) is 1.72. The summed E-state index contributed by atoms with van der Waals surface area (Å²) < 4.78 is 19.0. The Kier molecular flexibility index (Phi) is 2.18. The van der Waals surface area contributed by atoms with Gasteiger partial charge in [-0.1, -0.05) is 18.2 Å². The molecule has 0 aliphatic rings. The van der Waals surface area contributed by atoms with E-state index in [4.69, 9.17) is 4.42 Å². The van der Waals surface area contributed by atoms with Crippen molar-refractivity contribution in [3.05, 3.63) is 53.8 Å². The van der Waals surface area contributed by atoms with E-state index in [0.29, 0.717) is 22.6 Å². The molecular formula is C14H10FNO. The highest BCUT2D eigenvalue weighted by atomic mass is 19.1. The van der Waals surface area contributed by atoms with Crippen LogP contribution in [0.2, 0.25) is 0 Å². The van der Waals surface area contributed by atoms with E-state index >= 15 is 0 Å². The van der Waals surface area contributed by atoms with Crippen molar-refractivity contribution in [1.29, 1.82) is 0 Å². The van der Waals surface area contributed by atoms with Crippen LogP contribution in [0.3, 0.4) is 0 Å². The minimum absolute atomic E-state index is 0.246. The number of oxazole rings is 1. The average Bonchev–Trinajstić information content (AvgIpc) is 2.76. The zero-order valence-electron chi connectivity index (χ0n) is 9.27. The Hall–Kier alpha value is -2.16. The lowest BCUT2D eigenvalue weighted by Crippen LogP contribution is -1.84. The van der Waals surface area contributed by atoms with Crippen LogP contribution in [-0.4, -0.2) is 4.98 Å². The Labute approximate surface area is 97.7 Å². The van der Waals surface area contributed by atoms with Gasteiger partial charge in [0.15, 0.2) is 5.58 Å². The van der Waals surface area contributed by atoms with Crippen LogP contribution in [0.25, 0.3) is 22.6 Å². The van der Waals surface area contributed by atoms with Crippen LogP contribution in [0.4, 0.5) is 4.39 Å². The van der Waals surface area contributed by atoms with Crippen molar-refractivity contribution in [1.82, 2.24) is 4.98 Å². The number of nitrogens with zero attached hydrogens (tertiary/aromatic N) is 1. The second-order valence-electron chi connectivity index (χ2n) is 3.95. The first kappa shape index (κ1) is 10.0. The second-order valence-corrected chi connectivity index (χ2v) is 3.95. The summed E-state index contributed by atoms with van der Waals surface area (Å²) >= 11 is 0. The number of hydrogen-bond donors (Lipinski definition) is 0. The first-order valence-electron chi connectivity index (χ1n) is 5.36. The van der Waals surface area contributed by atoms with E-state index in [1.165, 1.54) is 6.07 Å². The number of aryl methyl sites for hydroxylation is 1. The van der Waals surface area contributed by atoms with Crippen molar-refractivity contribution in [3.8, 4) is 11.5 Å². The minimum atomic E-state index is -0.246. The van der Waals surface area contributed by atoms with Gasteiger partial charge in [0, 0.05) is 5.56 Å². The van der Waals surface area contributed by atoms with Crippen LogP contribution in [0, 0.1) is 12.7 Å². The first-order valence-corrected chi connectivity index (χ1v) is 5.36. The number of rotatable bonds is 1. The van der Waals surface area contributed by atoms with E-state index in [-0.39, 0.29) is 5.82 Å². The van der Waals surface area contributed by atoms with E-state index in [2.05, 4.69) is 4.98 Å². The van der Waals surface area contributed by atoms with Gasteiger partial charge in [-0.2, -0.15) is 0 Å². The van der Waals surface area contributed by atoms with Crippen LogP contribution < -0.4 is 0 Å². The molecule has 17 heavy (non-hydrogen) atoms. The maximum absolute atomic E-state index is 13.5. The summed E-state index contributed by atoms with van der Waals surface area (Å²) in [6.45, 7) is 1.73. The number of fused-ring (bicyclic) bond motifs is 1. The fraction of sp³-hybridized carbons (Fsp3) is 0.0714. The van der Waals surface area contributed by atoms with Gasteiger partial charge in [-0.05, 0) is 36.8 Å². The molecule has 0 spiro atoms. The zero-order valence-corrected chi connectivity index (χ0v) is 9.27. The quantitative estimate of drug-likeness (QED) is 0.629. The van der Waals surface area contributed by atoms with Crippen molar-refractivity contribution in [2.75, 3.05) is 0 Å². The highest BCUT2D eigenvalue weighted by molar-refractivity contribution is 5.75. The molecule has 1 heterocycles. The molecule has 0 bridgehead atoms. The Morgan fingerprint density at radius 3 is 2.71 bits per heavy atom. The summed E-state index contributed by atoms with van der Waals surface area (Å²) in [5.74, 6) is 0.204. The molecule has 3 heteroatoms. The molecule has 0 saturated heterocycles. The number of hydrogen-bond acceptors (Lipinski definition) is 2. The molecule has 0 N–H and O–H groups in total. The van der Waals surface area contributed by atoms with Crippen molar-refractivity contribution in [2.24, 2.45) is 0 Å². The normalized spacial score (nSPS) is 10.9. The van der Waals surface area contributed by atoms with Gasteiger partial charge >= 0.3 is 0 Å². The van der Waals surface area contributed by atoms with Gasteiger partial charge < -0.3 is 4.42 Å². The lowest BCUT2D eigenvalue weighted by molar-refractivity contribution is 0.607. The van der Waals surface area contributed by atoms with E-state index in [9.17, 15) is 4.39 Å². The Morgan fingerprint density at radius 2 is 1.94 bits per heavy atom. The maximum Gasteiger partial charge on any atom is 0.227 e. The van der Waals surface area contributed by atoms with Gasteiger partial charge in [0.2, 0.25) is 5.89 Å². The van der Waals surface area contributed by atoms with Gasteiger partial charge in [0.25, 0.3) is 0 Å². The standard InChI is InChI=1S/C14H10FNO/c1-9-6-7-10(8-11(9)15)14-16-12-4-2-3-5-13(12)17-14/h2-8H,1H3. The predicted molar refractivity (Wildman–Crippen MR) is 64.1 cm³/mol. The minimum Gasteiger partial charge on any atom is -0.436 e. The van der Waals surface area contributed by atoms with Gasteiger partial charge in [0.1, 0.15) is 11.3 Å². The molecule has 2 nitrogen and oxygen atoms in total. The van der Waals surface area contributed by atoms with Gasteiger partial charge in [0.05, 0.1) is 0 Å². The van der Waals surface area contributed by atoms with Crippen molar-refractivity contribution >= 4 is 11.1 Å². The van der Waals surface area contributed by atoms with E-state index in [1.807, 2.05) is 30.3 Å². The molecule has 0 atom stereocenters. The summed E-state index contributed by atoms with van der Waals surface area (Å²) in [6, 6.07) is 12.5. The molecule has 3 aromatic rings. The molecule has 0 saturated carbocycles. The fourth-order valence-corrected chi connectivity index (χ4v) is 1.72. The third-order valence-electron chi connectivity index (χ3n) is 2.71. The zero-order chi connectivity index (χ0) is 11.8. The molecule has 84 valence electrons. The third-order valence-corrected chi connectivity index (χ3v) is 2.71. The van der Waals surface area contributed by atoms with E-state index in [0.717, 1.165) is 5.52 Å². The van der Waals surface area contributed by atoms with E-state index < -0.39 is 0 Å². The second kappa shape index (κ2) is 3.70. The number of benzene rings is 2. The van der Waals surface area contributed by atoms with Crippen molar-refractivity contribution in [2.45, 2.75) is 6.92 Å². The Balaban J connectivity index is 2.17. The summed E-state index contributed by atoms with van der Waals surface area (Å²) in [6.07, 6.45) is 0. The molecule has 0 unspecified atom stereocenters. The van der Waals surface area contributed by atoms with Crippen LogP contribution >= 0.6 is 0 Å². The van der Waals surface area contributed by atoms with Crippen LogP contribution in [0.5, 0.6) is 0 Å². The number of halogens is 1. The summed E-state index contributed by atoms with van der Waals surface area (Å²) in [5.41, 5.74) is 2.76. The van der Waals surface area contributed by atoms with Gasteiger partial charge in [-0.3, -0.25) is 0 Å². The molecular weight excluding hydrogens is 217 g/mol. The molecule has 3 rings (SSSR count). The first-order chi connectivity index (χ1) is 8.24. The van der Waals surface area contributed by atoms with Crippen LogP contribution in [0.15, 0.2) is 46.9 Å². The van der Waals surface area contributed by atoms with Gasteiger partial charge in [-0.15, -0.1) is 0 Å². The summed E-state index contributed by atoms with van der Waals surface area (Å²) in [7, 11) is 0. The van der Waals surface area contributed by atoms with Crippen molar-refractivity contribution in [3.63, 3.8) is 0 Å². The summed E-state index contributed by atoms with van der Waals surface area (Å²) in [4.78, 5) is 4.32. The molecule has 0 fully saturated rings. The average molecular weight is 227 g/mol. The Morgan fingerprint density at radius 1 is 1.12 bits per heavy atom. The highest BCUT2D eigenvalue weighted by Gasteiger charge is 2.09. The lowest BCUT2D eigenvalue weighted by Gasteiger charge is -1.98. The van der Waals surface area contributed by atoms with Crippen LogP contribution in [-0.2, 0) is 0 Å². The van der Waals surface area contributed by atoms with Crippen molar-refractivity contribution < 1.29 is 8.81 Å². The topological polar surface area (TPSA) is 26.0 Å². The maximum atomic E-state index is 13.5. The SMILES string of the molecule is Cc1ccc(-c2nc3ccccc3o2)cc1F. The van der Waals surface area contributed by atoms with Crippen LogP contribution in [0.1, 0.15) is 5.56 Å². The van der Waals surface area contributed by atoms with E-state index in [1.54, 1.807) is 13.0 Å². The molecule has 1 aromatic heterocycles. The third kappa shape index (κ3) is 1.69. The largest absolute Gasteiger partial charge is 0.436 e. The smallest absolute Gasteiger partial charge is 0.227 e. The molecule has 2 aromatic carbocycles. The predicted octanol–water partition coefficient (Wildman–Crippen LogP) is 3.94. The highest BCUT2D eigenvalue weighted by Crippen LogP contribution is 2.25. The number of para-hydroxylation sites is 2. The molecule has 0 aliphatic carbocycles. The monoisotopic (exact) mass is 227 g/mol. The number of aromatic nitrogens is 1. The summed E-state index contributed by atoms with van der Waals surface area (Å²) in [5, 5.41) is 0.